The molecule has 1 unspecified atom stereocenters. The van der Waals surface area contributed by atoms with Crippen LogP contribution in [0.3, 0.4) is 0 Å². The molecule has 0 N–H and O–H groups in total. The molecule has 0 spiro atoms. The van der Waals surface area contributed by atoms with E-state index < -0.39 is 0 Å². The molecule has 1 atom stereocenters. The summed E-state index contributed by atoms with van der Waals surface area (Å²) in [7, 11) is 4.21. The van der Waals surface area contributed by atoms with Crippen molar-refractivity contribution in [3.8, 4) is 0 Å². The van der Waals surface area contributed by atoms with E-state index in [4.69, 9.17) is 0 Å². The summed E-state index contributed by atoms with van der Waals surface area (Å²) < 4.78 is 0. The largest absolute Gasteiger partial charge is 0.307 e. The quantitative estimate of drug-likeness (QED) is 0.597. The van der Waals surface area contributed by atoms with Gasteiger partial charge in [0.2, 0.25) is 0 Å². The van der Waals surface area contributed by atoms with E-state index in [0.717, 1.165) is 5.33 Å². The van der Waals surface area contributed by atoms with Gasteiger partial charge in [0.05, 0.1) is 0 Å². The Morgan fingerprint density at radius 1 is 1.50 bits per heavy atom. The van der Waals surface area contributed by atoms with Crippen molar-refractivity contribution in [2.75, 3.05) is 19.4 Å². The minimum absolute atomic E-state index is 0.703. The third-order valence-corrected chi connectivity index (χ3v) is 1.87. The van der Waals surface area contributed by atoms with Crippen molar-refractivity contribution in [2.24, 2.45) is 0 Å². The highest BCUT2D eigenvalue weighted by atomic mass is 79.9. The minimum Gasteiger partial charge on any atom is -0.307 e. The van der Waals surface area contributed by atoms with Crippen LogP contribution in [0, 0.1) is 0 Å². The average Bonchev–Trinajstić information content (AvgIpc) is 1.67. The summed E-state index contributed by atoms with van der Waals surface area (Å²) >= 11 is 3.39. The second kappa shape index (κ2) is 4.33. The van der Waals surface area contributed by atoms with Gasteiger partial charge in [-0.3, -0.25) is 0 Å². The molecule has 0 aromatic rings. The molecule has 0 aliphatic heterocycles. The lowest BCUT2D eigenvalue weighted by atomic mass is 10.2. The molecule has 50 valence electrons. The number of halogens is 1. The van der Waals surface area contributed by atoms with Crippen LogP contribution in [0.2, 0.25) is 0 Å². The Hall–Kier alpha value is 0.440. The average molecular weight is 180 g/mol. The van der Waals surface area contributed by atoms with E-state index >= 15 is 0 Å². The summed E-state index contributed by atoms with van der Waals surface area (Å²) in [6, 6.07) is 0.703. The van der Waals surface area contributed by atoms with E-state index in [1.165, 1.54) is 6.42 Å². The lowest BCUT2D eigenvalue weighted by Gasteiger charge is -2.17. The smallest absolute Gasteiger partial charge is 0.00687 e. The summed E-state index contributed by atoms with van der Waals surface area (Å²) in [6.07, 6.45) is 1.23. The SMILES string of the molecule is CC(CCBr)N(C)C. The van der Waals surface area contributed by atoms with Gasteiger partial charge in [0.15, 0.2) is 0 Å². The van der Waals surface area contributed by atoms with Crippen LogP contribution in [0.15, 0.2) is 0 Å². The molecule has 8 heavy (non-hydrogen) atoms. The highest BCUT2D eigenvalue weighted by Crippen LogP contribution is 1.99. The van der Waals surface area contributed by atoms with Gasteiger partial charge in [-0.1, -0.05) is 15.9 Å². The van der Waals surface area contributed by atoms with Crippen LogP contribution in [0.25, 0.3) is 0 Å². The highest BCUT2D eigenvalue weighted by molar-refractivity contribution is 9.09. The fourth-order valence-electron chi connectivity index (χ4n) is 0.416. The Morgan fingerprint density at radius 3 is 2.12 bits per heavy atom. The molecule has 0 aliphatic rings. The number of hydrogen-bond donors (Lipinski definition) is 0. The third kappa shape index (κ3) is 3.44. The third-order valence-electron chi connectivity index (χ3n) is 1.41. The number of rotatable bonds is 3. The molecule has 0 saturated carbocycles. The van der Waals surface area contributed by atoms with Crippen LogP contribution in [0.4, 0.5) is 0 Å². The molecule has 0 fully saturated rings. The van der Waals surface area contributed by atoms with E-state index in [9.17, 15) is 0 Å². The maximum Gasteiger partial charge on any atom is 0.00687 e. The topological polar surface area (TPSA) is 3.24 Å². The Balaban J connectivity index is 3.17. The van der Waals surface area contributed by atoms with E-state index in [1.807, 2.05) is 0 Å². The molecular weight excluding hydrogens is 166 g/mol. The van der Waals surface area contributed by atoms with E-state index in [2.05, 4.69) is 41.8 Å². The first-order valence-corrected chi connectivity index (χ1v) is 4.03. The van der Waals surface area contributed by atoms with Crippen molar-refractivity contribution < 1.29 is 0 Å². The molecule has 0 aliphatic carbocycles. The predicted molar refractivity (Wildman–Crippen MR) is 41.6 cm³/mol. The zero-order valence-corrected chi connectivity index (χ0v) is 7.40. The number of nitrogens with zero attached hydrogens (tertiary/aromatic N) is 1. The van der Waals surface area contributed by atoms with E-state index in [-0.39, 0.29) is 0 Å². The van der Waals surface area contributed by atoms with Crippen LogP contribution < -0.4 is 0 Å². The Morgan fingerprint density at radius 2 is 2.00 bits per heavy atom. The van der Waals surface area contributed by atoms with Gasteiger partial charge in [-0.05, 0) is 27.4 Å². The zero-order valence-electron chi connectivity index (χ0n) is 5.82. The molecule has 0 aromatic carbocycles. The molecule has 0 saturated heterocycles. The van der Waals surface area contributed by atoms with E-state index in [1.54, 1.807) is 0 Å². The lowest BCUT2D eigenvalue weighted by Crippen LogP contribution is -2.24. The fourth-order valence-corrected chi connectivity index (χ4v) is 1.08. The summed E-state index contributed by atoms with van der Waals surface area (Å²) in [6.45, 7) is 2.22. The molecule has 0 heterocycles. The van der Waals surface area contributed by atoms with Crippen molar-refractivity contribution in [2.45, 2.75) is 19.4 Å². The van der Waals surface area contributed by atoms with Gasteiger partial charge in [-0.25, -0.2) is 0 Å². The number of alkyl halides is 1. The van der Waals surface area contributed by atoms with Crippen LogP contribution >= 0.6 is 15.9 Å². The molecule has 0 rings (SSSR count). The van der Waals surface area contributed by atoms with Gasteiger partial charge < -0.3 is 4.90 Å². The summed E-state index contributed by atoms with van der Waals surface area (Å²) in [5.74, 6) is 0. The Labute approximate surface area is 60.2 Å². The van der Waals surface area contributed by atoms with Crippen molar-refractivity contribution in [1.29, 1.82) is 0 Å². The first-order chi connectivity index (χ1) is 3.68. The van der Waals surface area contributed by atoms with Crippen molar-refractivity contribution in [3.05, 3.63) is 0 Å². The van der Waals surface area contributed by atoms with Crippen LogP contribution in [0.1, 0.15) is 13.3 Å². The monoisotopic (exact) mass is 179 g/mol. The second-order valence-electron chi connectivity index (χ2n) is 2.29. The van der Waals surface area contributed by atoms with Gasteiger partial charge in [0.25, 0.3) is 0 Å². The molecule has 0 bridgehead atoms. The Bertz CT molecular complexity index is 54.5. The summed E-state index contributed by atoms with van der Waals surface area (Å²) in [5, 5.41) is 1.10. The zero-order chi connectivity index (χ0) is 6.57. The first kappa shape index (κ1) is 8.44. The molecule has 0 amide bonds. The van der Waals surface area contributed by atoms with Crippen molar-refractivity contribution in [3.63, 3.8) is 0 Å². The summed E-state index contributed by atoms with van der Waals surface area (Å²) in [4.78, 5) is 2.22. The number of hydrogen-bond acceptors (Lipinski definition) is 1. The van der Waals surface area contributed by atoms with Gasteiger partial charge in [-0.2, -0.15) is 0 Å². The van der Waals surface area contributed by atoms with Gasteiger partial charge in [0.1, 0.15) is 0 Å². The van der Waals surface area contributed by atoms with Gasteiger partial charge in [-0.15, -0.1) is 0 Å². The van der Waals surface area contributed by atoms with Crippen LogP contribution in [-0.4, -0.2) is 30.4 Å². The standard InChI is InChI=1S/C6H14BrN/c1-6(4-5-7)8(2)3/h6H,4-5H2,1-3H3. The molecule has 0 radical (unpaired) electrons. The van der Waals surface area contributed by atoms with Crippen LogP contribution in [0.5, 0.6) is 0 Å². The highest BCUT2D eigenvalue weighted by Gasteiger charge is 2.00. The molecular formula is C6H14BrN. The first-order valence-electron chi connectivity index (χ1n) is 2.91. The second-order valence-corrected chi connectivity index (χ2v) is 3.08. The van der Waals surface area contributed by atoms with Gasteiger partial charge >= 0.3 is 0 Å². The summed E-state index contributed by atoms with van der Waals surface area (Å²) in [5.41, 5.74) is 0. The predicted octanol–water partition coefficient (Wildman–Crippen LogP) is 1.72. The molecule has 0 aromatic heterocycles. The minimum atomic E-state index is 0.703. The maximum absolute atomic E-state index is 3.39. The van der Waals surface area contributed by atoms with Crippen molar-refractivity contribution in [1.82, 2.24) is 4.90 Å². The molecule has 1 nitrogen and oxygen atoms in total. The molecule has 2 heteroatoms. The normalized spacial score (nSPS) is 14.6. The lowest BCUT2D eigenvalue weighted by molar-refractivity contribution is 0.309. The van der Waals surface area contributed by atoms with Gasteiger partial charge in [0, 0.05) is 11.4 Å². The maximum atomic E-state index is 3.39. The van der Waals surface area contributed by atoms with E-state index in [0.29, 0.717) is 6.04 Å². The fraction of sp³-hybridized carbons (Fsp3) is 1.00. The van der Waals surface area contributed by atoms with Crippen LogP contribution in [-0.2, 0) is 0 Å². The van der Waals surface area contributed by atoms with Crippen molar-refractivity contribution >= 4 is 15.9 Å². The Kier molecular flexibility index (Phi) is 4.57.